The highest BCUT2D eigenvalue weighted by Gasteiger charge is 2.20. The Morgan fingerprint density at radius 3 is 2.55 bits per heavy atom. The van der Waals surface area contributed by atoms with Crippen LogP contribution in [-0.4, -0.2) is 5.78 Å². The van der Waals surface area contributed by atoms with E-state index in [1.54, 1.807) is 5.38 Å². The lowest BCUT2D eigenvalue weighted by Gasteiger charge is -2.04. The fourth-order valence-electron chi connectivity index (χ4n) is 2.12. The molecule has 4 heteroatoms. The molecule has 0 saturated heterocycles. The van der Waals surface area contributed by atoms with Crippen molar-refractivity contribution < 1.29 is 13.6 Å². The number of hydrogen-bond acceptors (Lipinski definition) is 2. The van der Waals surface area contributed by atoms with E-state index in [1.807, 2.05) is 24.3 Å². The molecule has 20 heavy (non-hydrogen) atoms. The van der Waals surface area contributed by atoms with E-state index in [4.69, 9.17) is 0 Å². The third-order valence-corrected chi connectivity index (χ3v) is 4.21. The Bertz CT molecular complexity index is 820. The molecule has 1 heterocycles. The lowest BCUT2D eigenvalue weighted by atomic mass is 10.0. The lowest BCUT2D eigenvalue weighted by molar-refractivity contribution is 0.103. The Morgan fingerprint density at radius 2 is 1.75 bits per heavy atom. The minimum absolute atomic E-state index is 0.189. The molecule has 0 N–H and O–H groups in total. The normalized spacial score (nSPS) is 10.9. The average Bonchev–Trinajstić information content (AvgIpc) is 2.88. The van der Waals surface area contributed by atoms with Gasteiger partial charge in [0, 0.05) is 21.0 Å². The van der Waals surface area contributed by atoms with Crippen LogP contribution < -0.4 is 0 Å². The number of ketones is 1. The second-order valence-corrected chi connectivity index (χ2v) is 5.44. The van der Waals surface area contributed by atoms with E-state index in [-0.39, 0.29) is 11.1 Å². The van der Waals surface area contributed by atoms with Crippen molar-refractivity contribution >= 4 is 27.2 Å². The zero-order valence-corrected chi connectivity index (χ0v) is 11.4. The summed E-state index contributed by atoms with van der Waals surface area (Å²) in [5.74, 6) is -2.53. The molecule has 0 aliphatic rings. The smallest absolute Gasteiger partial charge is 0.197 e. The van der Waals surface area contributed by atoms with E-state index < -0.39 is 17.4 Å². The van der Waals surface area contributed by atoms with Crippen molar-refractivity contribution in [1.82, 2.24) is 0 Å². The van der Waals surface area contributed by atoms with Crippen molar-refractivity contribution in [3.63, 3.8) is 0 Å². The first-order chi connectivity index (χ1) is 9.59. The van der Waals surface area contributed by atoms with Crippen molar-refractivity contribution in [3.05, 3.63) is 70.1 Å². The van der Waals surface area contributed by atoms with Gasteiger partial charge in [0.2, 0.25) is 0 Å². The van der Waals surface area contributed by atoms with E-state index in [0.29, 0.717) is 5.56 Å². The van der Waals surface area contributed by atoms with Gasteiger partial charge in [0.1, 0.15) is 0 Å². The van der Waals surface area contributed by atoms with Crippen molar-refractivity contribution in [2.24, 2.45) is 0 Å². The molecule has 0 atom stereocenters. The first-order valence-electron chi connectivity index (χ1n) is 6.05. The quantitative estimate of drug-likeness (QED) is 0.624. The van der Waals surface area contributed by atoms with E-state index in [1.165, 1.54) is 30.4 Å². The molecule has 0 spiro atoms. The second-order valence-electron chi connectivity index (χ2n) is 4.53. The van der Waals surface area contributed by atoms with E-state index >= 15 is 0 Å². The highest BCUT2D eigenvalue weighted by molar-refractivity contribution is 7.17. The van der Waals surface area contributed by atoms with Gasteiger partial charge >= 0.3 is 0 Å². The molecule has 1 nitrogen and oxygen atoms in total. The monoisotopic (exact) mass is 288 g/mol. The standard InChI is InChI=1S/C16H10F2OS/c1-9-6-7-11(15(18)14(9)17)16(19)12-8-20-13-5-3-2-4-10(12)13/h2-8H,1H3. The summed E-state index contributed by atoms with van der Waals surface area (Å²) in [7, 11) is 0. The molecule has 1 aromatic heterocycles. The Balaban J connectivity index is 2.16. The van der Waals surface area contributed by atoms with Crippen LogP contribution in [0.3, 0.4) is 0 Å². The predicted octanol–water partition coefficient (Wildman–Crippen LogP) is 4.72. The second kappa shape index (κ2) is 4.80. The zero-order valence-electron chi connectivity index (χ0n) is 10.6. The number of fused-ring (bicyclic) bond motifs is 1. The van der Waals surface area contributed by atoms with E-state index in [9.17, 15) is 13.6 Å². The summed E-state index contributed by atoms with van der Waals surface area (Å²) in [6.07, 6.45) is 0. The average molecular weight is 288 g/mol. The summed E-state index contributed by atoms with van der Waals surface area (Å²) in [5.41, 5.74) is 0.374. The van der Waals surface area contributed by atoms with Gasteiger partial charge in [-0.1, -0.05) is 24.3 Å². The van der Waals surface area contributed by atoms with Gasteiger partial charge in [-0.15, -0.1) is 11.3 Å². The fourth-order valence-corrected chi connectivity index (χ4v) is 3.06. The number of hydrogen-bond donors (Lipinski definition) is 0. The van der Waals surface area contributed by atoms with E-state index in [0.717, 1.165) is 10.1 Å². The van der Waals surface area contributed by atoms with Crippen LogP contribution in [0.25, 0.3) is 10.1 Å². The molecule has 100 valence electrons. The van der Waals surface area contributed by atoms with Crippen LogP contribution in [0.15, 0.2) is 41.8 Å². The Kier molecular flexibility index (Phi) is 3.10. The van der Waals surface area contributed by atoms with Gasteiger partial charge in [0.25, 0.3) is 0 Å². The van der Waals surface area contributed by atoms with Gasteiger partial charge in [0.15, 0.2) is 17.4 Å². The summed E-state index contributed by atoms with van der Waals surface area (Å²) < 4.78 is 28.4. The van der Waals surface area contributed by atoms with Gasteiger partial charge in [-0.3, -0.25) is 4.79 Å². The van der Waals surface area contributed by atoms with Gasteiger partial charge in [-0.25, -0.2) is 8.78 Å². The molecule has 3 aromatic rings. The molecule has 0 unspecified atom stereocenters. The number of carbonyl (C=O) groups is 1. The largest absolute Gasteiger partial charge is 0.288 e. The van der Waals surface area contributed by atoms with Gasteiger partial charge in [0.05, 0.1) is 5.56 Å². The Morgan fingerprint density at radius 1 is 1.00 bits per heavy atom. The topological polar surface area (TPSA) is 17.1 Å². The molecule has 0 amide bonds. The lowest BCUT2D eigenvalue weighted by Crippen LogP contribution is -2.06. The van der Waals surface area contributed by atoms with Crippen LogP contribution in [0.2, 0.25) is 0 Å². The maximum atomic E-state index is 13.9. The number of benzene rings is 2. The molecule has 0 aliphatic carbocycles. The summed E-state index contributed by atoms with van der Waals surface area (Å²) in [6, 6.07) is 10.1. The van der Waals surface area contributed by atoms with Crippen LogP contribution in [0.4, 0.5) is 8.78 Å². The summed E-state index contributed by atoms with van der Waals surface area (Å²) >= 11 is 1.41. The number of carbonyl (C=O) groups excluding carboxylic acids is 1. The van der Waals surface area contributed by atoms with Crippen LogP contribution in [-0.2, 0) is 0 Å². The van der Waals surface area contributed by atoms with Crippen molar-refractivity contribution in [2.75, 3.05) is 0 Å². The van der Waals surface area contributed by atoms with Crippen LogP contribution in [0, 0.1) is 18.6 Å². The fraction of sp³-hybridized carbons (Fsp3) is 0.0625. The van der Waals surface area contributed by atoms with Crippen LogP contribution in [0.5, 0.6) is 0 Å². The third kappa shape index (κ3) is 1.93. The number of halogens is 2. The third-order valence-electron chi connectivity index (χ3n) is 3.25. The first kappa shape index (κ1) is 12.9. The molecule has 3 rings (SSSR count). The molecule has 0 saturated carbocycles. The summed E-state index contributed by atoms with van der Waals surface area (Å²) in [5, 5.41) is 2.45. The Hall–Kier alpha value is -2.07. The zero-order chi connectivity index (χ0) is 14.3. The number of rotatable bonds is 2. The maximum Gasteiger partial charge on any atom is 0.197 e. The minimum Gasteiger partial charge on any atom is -0.288 e. The first-order valence-corrected chi connectivity index (χ1v) is 6.93. The highest BCUT2D eigenvalue weighted by Crippen LogP contribution is 2.28. The number of thiophene rings is 1. The molecular formula is C16H10F2OS. The predicted molar refractivity (Wildman–Crippen MR) is 76.4 cm³/mol. The van der Waals surface area contributed by atoms with Crippen molar-refractivity contribution in [2.45, 2.75) is 6.92 Å². The van der Waals surface area contributed by atoms with Crippen LogP contribution in [0.1, 0.15) is 21.5 Å². The molecule has 0 bridgehead atoms. The molecular weight excluding hydrogens is 278 g/mol. The molecule has 0 fully saturated rings. The van der Waals surface area contributed by atoms with Gasteiger partial charge < -0.3 is 0 Å². The minimum atomic E-state index is -1.08. The van der Waals surface area contributed by atoms with Crippen LogP contribution >= 0.6 is 11.3 Å². The van der Waals surface area contributed by atoms with Gasteiger partial charge in [-0.2, -0.15) is 0 Å². The molecule has 2 aromatic carbocycles. The van der Waals surface area contributed by atoms with E-state index in [2.05, 4.69) is 0 Å². The Labute approximate surface area is 118 Å². The SMILES string of the molecule is Cc1ccc(C(=O)c2csc3ccccc23)c(F)c1F. The summed E-state index contributed by atoms with van der Waals surface area (Å²) in [4.78, 5) is 12.4. The molecule has 0 radical (unpaired) electrons. The highest BCUT2D eigenvalue weighted by atomic mass is 32.1. The maximum absolute atomic E-state index is 13.9. The molecule has 0 aliphatic heterocycles. The van der Waals surface area contributed by atoms with Crippen molar-refractivity contribution in [1.29, 1.82) is 0 Å². The summed E-state index contributed by atoms with van der Waals surface area (Å²) in [6.45, 7) is 1.46. The van der Waals surface area contributed by atoms with Crippen molar-refractivity contribution in [3.8, 4) is 0 Å². The van der Waals surface area contributed by atoms with Gasteiger partial charge in [-0.05, 0) is 24.6 Å². The number of aryl methyl sites for hydroxylation is 1.